The fraction of sp³-hybridized carbons (Fsp3) is 0.500. The van der Waals surface area contributed by atoms with Crippen LogP contribution in [0.25, 0.3) is 0 Å². The average Bonchev–Trinajstić information content (AvgIpc) is 2.50. The largest absolute Gasteiger partial charge is 0.490 e. The number of hydrogen-bond donors (Lipinski definition) is 1. The number of esters is 1. The Balaban J connectivity index is 1.88. The molecule has 1 aliphatic carbocycles. The molecule has 25 heavy (non-hydrogen) atoms. The van der Waals surface area contributed by atoms with Crippen molar-refractivity contribution in [3.63, 3.8) is 0 Å². The smallest absolute Gasteiger partial charge is 0.407 e. The van der Waals surface area contributed by atoms with Crippen LogP contribution in [0.5, 0.6) is 5.75 Å². The Hall–Kier alpha value is -2.75. The zero-order valence-electron chi connectivity index (χ0n) is 14.8. The van der Waals surface area contributed by atoms with E-state index in [-0.39, 0.29) is 23.3 Å². The van der Waals surface area contributed by atoms with Gasteiger partial charge in [-0.2, -0.15) is 5.26 Å². The first-order valence-corrected chi connectivity index (χ1v) is 8.00. The van der Waals surface area contributed by atoms with Crippen molar-refractivity contribution in [2.45, 2.75) is 51.4 Å². The second kappa shape index (κ2) is 7.43. The van der Waals surface area contributed by atoms with Crippen LogP contribution in [0.15, 0.2) is 18.2 Å². The summed E-state index contributed by atoms with van der Waals surface area (Å²) in [6.07, 6.45) is 0.778. The number of nitriles is 1. The van der Waals surface area contributed by atoms with Gasteiger partial charge in [0.05, 0.1) is 18.2 Å². The third kappa shape index (κ3) is 5.11. The summed E-state index contributed by atoms with van der Waals surface area (Å²) in [4.78, 5) is 23.4. The fourth-order valence-electron chi connectivity index (χ4n) is 2.42. The molecule has 0 aliphatic heterocycles. The van der Waals surface area contributed by atoms with E-state index < -0.39 is 17.7 Å². The summed E-state index contributed by atoms with van der Waals surface area (Å²) in [6.45, 7) is 5.43. The summed E-state index contributed by atoms with van der Waals surface area (Å²) in [5.41, 5.74) is -0.126. The van der Waals surface area contributed by atoms with Crippen LogP contribution in [0.3, 0.4) is 0 Å². The molecule has 0 spiro atoms. The van der Waals surface area contributed by atoms with Crippen LogP contribution in [0, 0.1) is 11.3 Å². The monoisotopic (exact) mass is 346 g/mol. The molecule has 0 unspecified atom stereocenters. The molecule has 1 aliphatic rings. The van der Waals surface area contributed by atoms with E-state index in [0.29, 0.717) is 18.6 Å². The molecule has 1 fully saturated rings. The third-order valence-electron chi connectivity index (χ3n) is 3.64. The Morgan fingerprint density at radius 3 is 2.52 bits per heavy atom. The van der Waals surface area contributed by atoms with E-state index in [9.17, 15) is 9.59 Å². The highest BCUT2D eigenvalue weighted by Gasteiger charge is 2.33. The number of ether oxygens (including phenoxy) is 3. The minimum absolute atomic E-state index is 0.00157. The van der Waals surface area contributed by atoms with Crippen LogP contribution in [0.1, 0.15) is 49.5 Å². The van der Waals surface area contributed by atoms with E-state index in [0.717, 1.165) is 0 Å². The Kier molecular flexibility index (Phi) is 5.52. The lowest BCUT2D eigenvalue weighted by atomic mass is 9.89. The van der Waals surface area contributed by atoms with Crippen LogP contribution in [-0.2, 0) is 9.47 Å². The Morgan fingerprint density at radius 1 is 1.28 bits per heavy atom. The molecular formula is C18H22N2O5. The molecule has 1 aromatic carbocycles. The number of alkyl carbamates (subject to hydrolysis) is 1. The zero-order chi connectivity index (χ0) is 18.6. The lowest BCUT2D eigenvalue weighted by molar-refractivity contribution is 0.0361. The van der Waals surface area contributed by atoms with Crippen molar-refractivity contribution in [3.8, 4) is 11.8 Å². The van der Waals surface area contributed by atoms with Gasteiger partial charge in [-0.1, -0.05) is 0 Å². The first-order chi connectivity index (χ1) is 11.7. The topological polar surface area (TPSA) is 97.7 Å². The molecular weight excluding hydrogens is 324 g/mol. The number of nitrogens with one attached hydrogen (secondary N) is 1. The van der Waals surface area contributed by atoms with Gasteiger partial charge in [-0.05, 0) is 39.0 Å². The van der Waals surface area contributed by atoms with Gasteiger partial charge in [0, 0.05) is 18.9 Å². The van der Waals surface area contributed by atoms with Crippen molar-refractivity contribution in [2.75, 3.05) is 7.11 Å². The van der Waals surface area contributed by atoms with Crippen molar-refractivity contribution in [3.05, 3.63) is 29.3 Å². The quantitative estimate of drug-likeness (QED) is 0.842. The van der Waals surface area contributed by atoms with Gasteiger partial charge in [0.1, 0.15) is 23.5 Å². The van der Waals surface area contributed by atoms with E-state index in [4.69, 9.17) is 14.7 Å². The van der Waals surface area contributed by atoms with Gasteiger partial charge in [-0.3, -0.25) is 0 Å². The maximum atomic E-state index is 11.7. The number of carbonyl (C=O) groups is 2. The highest BCUT2D eigenvalue weighted by Crippen LogP contribution is 2.28. The minimum atomic E-state index is -0.583. The SMILES string of the molecule is COC(=O)c1cc(OC2CC(NC(=O)OC(C)(C)C)C2)ccc1C#N. The number of methoxy groups -OCH3 is 1. The first kappa shape index (κ1) is 18.6. The molecule has 0 heterocycles. The Labute approximate surface area is 146 Å². The van der Waals surface area contributed by atoms with E-state index in [1.807, 2.05) is 26.8 Å². The normalized spacial score (nSPS) is 19.2. The van der Waals surface area contributed by atoms with E-state index in [1.165, 1.54) is 19.2 Å². The maximum absolute atomic E-state index is 11.7. The predicted octanol–water partition coefficient (Wildman–Crippen LogP) is 2.78. The fourth-order valence-corrected chi connectivity index (χ4v) is 2.42. The van der Waals surface area contributed by atoms with Gasteiger partial charge in [0.15, 0.2) is 0 Å². The van der Waals surface area contributed by atoms with Gasteiger partial charge in [-0.15, -0.1) is 0 Å². The van der Waals surface area contributed by atoms with E-state index in [1.54, 1.807) is 6.07 Å². The van der Waals surface area contributed by atoms with Crippen LogP contribution in [-0.4, -0.2) is 36.9 Å². The van der Waals surface area contributed by atoms with Gasteiger partial charge in [-0.25, -0.2) is 9.59 Å². The molecule has 7 heteroatoms. The number of hydrogen-bond acceptors (Lipinski definition) is 6. The summed E-state index contributed by atoms with van der Waals surface area (Å²) in [5.74, 6) is -0.0970. The van der Waals surface area contributed by atoms with E-state index in [2.05, 4.69) is 10.1 Å². The van der Waals surface area contributed by atoms with Crippen molar-refractivity contribution >= 4 is 12.1 Å². The maximum Gasteiger partial charge on any atom is 0.407 e. The van der Waals surface area contributed by atoms with Crippen LogP contribution < -0.4 is 10.1 Å². The number of amides is 1. The predicted molar refractivity (Wildman–Crippen MR) is 89.3 cm³/mol. The molecule has 0 aromatic heterocycles. The number of benzene rings is 1. The second-order valence-electron chi connectivity index (χ2n) is 6.87. The second-order valence-corrected chi connectivity index (χ2v) is 6.87. The molecule has 1 N–H and O–H groups in total. The van der Waals surface area contributed by atoms with Gasteiger partial charge < -0.3 is 19.5 Å². The highest BCUT2D eigenvalue weighted by molar-refractivity contribution is 5.92. The molecule has 0 saturated heterocycles. The number of rotatable bonds is 4. The van der Waals surface area contributed by atoms with Crippen LogP contribution in [0.4, 0.5) is 4.79 Å². The number of nitrogens with zero attached hydrogens (tertiary/aromatic N) is 1. The van der Waals surface area contributed by atoms with Crippen LogP contribution in [0.2, 0.25) is 0 Å². The molecule has 1 amide bonds. The van der Waals surface area contributed by atoms with Crippen molar-refractivity contribution in [1.82, 2.24) is 5.32 Å². The summed E-state index contributed by atoms with van der Waals surface area (Å²) >= 11 is 0. The van der Waals surface area contributed by atoms with Crippen molar-refractivity contribution in [1.29, 1.82) is 5.26 Å². The molecule has 1 saturated carbocycles. The lowest BCUT2D eigenvalue weighted by Gasteiger charge is -2.36. The summed E-state index contributed by atoms with van der Waals surface area (Å²) in [7, 11) is 1.26. The summed E-state index contributed by atoms with van der Waals surface area (Å²) in [5, 5.41) is 11.8. The third-order valence-corrected chi connectivity index (χ3v) is 3.64. The molecule has 0 atom stereocenters. The average molecular weight is 346 g/mol. The first-order valence-electron chi connectivity index (χ1n) is 8.00. The molecule has 1 aromatic rings. The Bertz CT molecular complexity index is 696. The summed E-state index contributed by atoms with van der Waals surface area (Å²) < 4.78 is 15.7. The minimum Gasteiger partial charge on any atom is -0.490 e. The van der Waals surface area contributed by atoms with Crippen LogP contribution >= 0.6 is 0 Å². The lowest BCUT2D eigenvalue weighted by Crippen LogP contribution is -2.50. The molecule has 2 rings (SSSR count). The van der Waals surface area contributed by atoms with Gasteiger partial charge in [0.2, 0.25) is 0 Å². The molecule has 134 valence electrons. The van der Waals surface area contributed by atoms with E-state index >= 15 is 0 Å². The molecule has 7 nitrogen and oxygen atoms in total. The molecule has 0 radical (unpaired) electrons. The Morgan fingerprint density at radius 2 is 1.96 bits per heavy atom. The van der Waals surface area contributed by atoms with Gasteiger partial charge in [0.25, 0.3) is 0 Å². The molecule has 0 bridgehead atoms. The summed E-state index contributed by atoms with van der Waals surface area (Å²) in [6, 6.07) is 6.61. The highest BCUT2D eigenvalue weighted by atomic mass is 16.6. The zero-order valence-corrected chi connectivity index (χ0v) is 14.8. The van der Waals surface area contributed by atoms with Gasteiger partial charge >= 0.3 is 12.1 Å². The number of carbonyl (C=O) groups excluding carboxylic acids is 2. The standard InChI is InChI=1S/C18H22N2O5/c1-18(2,3)25-17(22)20-12-7-14(8-12)24-13-6-5-11(10-19)15(9-13)16(21)23-4/h5-6,9,12,14H,7-8H2,1-4H3,(H,20,22). The van der Waals surface area contributed by atoms with Crippen molar-refractivity contribution in [2.24, 2.45) is 0 Å². The van der Waals surface area contributed by atoms with Crippen molar-refractivity contribution < 1.29 is 23.8 Å².